The number of carbonyl (C=O) groups excluding carboxylic acids is 3. The first-order valence-electron chi connectivity index (χ1n) is 10.6. The monoisotopic (exact) mass is 481 g/mol. The second-order valence-corrected chi connectivity index (χ2v) is 7.15. The Morgan fingerprint density at radius 1 is 1.00 bits per heavy atom. The summed E-state index contributed by atoms with van der Waals surface area (Å²) >= 11 is 0. The molecule has 0 aliphatic heterocycles. The van der Waals surface area contributed by atoms with Gasteiger partial charge in [-0.2, -0.15) is 13.2 Å². The average molecular weight is 481 g/mol. The summed E-state index contributed by atoms with van der Waals surface area (Å²) in [7, 11) is 0. The van der Waals surface area contributed by atoms with E-state index >= 15 is 0 Å². The minimum absolute atomic E-state index is 0.0138. The number of alkyl halides is 3. The lowest BCUT2D eigenvalue weighted by Crippen LogP contribution is -2.26. The van der Waals surface area contributed by atoms with Gasteiger partial charge in [0, 0.05) is 30.8 Å². The van der Waals surface area contributed by atoms with Crippen molar-refractivity contribution in [1.29, 1.82) is 0 Å². The van der Waals surface area contributed by atoms with Gasteiger partial charge in [0.15, 0.2) is 6.29 Å². The first-order chi connectivity index (χ1) is 16.2. The lowest BCUT2D eigenvalue weighted by Gasteiger charge is -2.27. The van der Waals surface area contributed by atoms with E-state index in [-0.39, 0.29) is 57.0 Å². The molecule has 0 spiro atoms. The molecule has 2 rings (SSSR count). The molecule has 34 heavy (non-hydrogen) atoms. The van der Waals surface area contributed by atoms with Gasteiger partial charge in [-0.25, -0.2) is 4.79 Å². The van der Waals surface area contributed by atoms with Gasteiger partial charge in [-0.3, -0.25) is 9.59 Å². The van der Waals surface area contributed by atoms with Crippen LogP contribution in [-0.2, 0) is 31.7 Å². The number of anilines is 1. The third-order valence-electron chi connectivity index (χ3n) is 4.68. The van der Waals surface area contributed by atoms with Gasteiger partial charge in [-0.1, -0.05) is 30.3 Å². The Kier molecular flexibility index (Phi) is 10.4. The first-order valence-corrected chi connectivity index (χ1v) is 10.6. The summed E-state index contributed by atoms with van der Waals surface area (Å²) in [6.45, 7) is 1.93. The fourth-order valence-electron chi connectivity index (χ4n) is 3.11. The SMILES string of the molecule is CCOC(=O)OCCOC(=O)CCCN(Cc1ccccc1)c1cc(C(F)(F)F)ccc1C=O. The summed E-state index contributed by atoms with van der Waals surface area (Å²) in [4.78, 5) is 36.2. The Morgan fingerprint density at radius 3 is 2.35 bits per heavy atom. The maximum atomic E-state index is 13.3. The van der Waals surface area contributed by atoms with Gasteiger partial charge >= 0.3 is 18.3 Å². The summed E-state index contributed by atoms with van der Waals surface area (Å²) in [5, 5.41) is 0. The number of hydrogen-bond acceptors (Lipinski definition) is 7. The molecule has 0 aromatic heterocycles. The van der Waals surface area contributed by atoms with Gasteiger partial charge in [-0.15, -0.1) is 0 Å². The molecule has 0 bridgehead atoms. The molecular weight excluding hydrogens is 455 g/mol. The van der Waals surface area contributed by atoms with Crippen LogP contribution < -0.4 is 4.90 Å². The van der Waals surface area contributed by atoms with Gasteiger partial charge in [0.2, 0.25) is 0 Å². The maximum Gasteiger partial charge on any atom is 0.508 e. The maximum absolute atomic E-state index is 13.3. The number of carbonyl (C=O) groups is 3. The van der Waals surface area contributed by atoms with E-state index in [9.17, 15) is 27.6 Å². The zero-order valence-electron chi connectivity index (χ0n) is 18.7. The van der Waals surface area contributed by atoms with E-state index in [1.54, 1.807) is 24.0 Å². The number of halogens is 3. The van der Waals surface area contributed by atoms with E-state index in [1.165, 1.54) is 0 Å². The Balaban J connectivity index is 2.04. The van der Waals surface area contributed by atoms with Gasteiger partial charge in [0.1, 0.15) is 13.2 Å². The Hall–Kier alpha value is -3.56. The average Bonchev–Trinajstić information content (AvgIpc) is 2.81. The highest BCUT2D eigenvalue weighted by Crippen LogP contribution is 2.33. The Morgan fingerprint density at radius 2 is 1.71 bits per heavy atom. The molecule has 0 unspecified atom stereocenters. The zero-order valence-corrected chi connectivity index (χ0v) is 18.7. The molecule has 0 N–H and O–H groups in total. The molecule has 0 heterocycles. The number of hydrogen-bond donors (Lipinski definition) is 0. The molecular formula is C24H26F3NO6. The van der Waals surface area contributed by atoms with E-state index in [0.717, 1.165) is 23.8 Å². The number of aldehydes is 1. The summed E-state index contributed by atoms with van der Waals surface area (Å²) in [5.41, 5.74) is 0.204. The van der Waals surface area contributed by atoms with Crippen LogP contribution in [0.5, 0.6) is 0 Å². The van der Waals surface area contributed by atoms with Gasteiger partial charge in [-0.05, 0) is 37.1 Å². The first kappa shape index (κ1) is 26.7. The van der Waals surface area contributed by atoms with Crippen LogP contribution in [0.25, 0.3) is 0 Å². The van der Waals surface area contributed by atoms with Crippen molar-refractivity contribution < 1.29 is 41.8 Å². The molecule has 184 valence electrons. The molecule has 0 fully saturated rings. The molecule has 0 aliphatic carbocycles. The molecule has 2 aromatic carbocycles. The van der Waals surface area contributed by atoms with Crippen LogP contribution in [0.4, 0.5) is 23.7 Å². The molecule has 0 saturated carbocycles. The summed E-state index contributed by atoms with van der Waals surface area (Å²) in [6, 6.07) is 12.0. The number of nitrogens with zero attached hydrogens (tertiary/aromatic N) is 1. The van der Waals surface area contributed by atoms with Crippen molar-refractivity contribution in [2.24, 2.45) is 0 Å². The van der Waals surface area contributed by atoms with Gasteiger partial charge in [0.05, 0.1) is 12.2 Å². The highest BCUT2D eigenvalue weighted by molar-refractivity contribution is 5.85. The number of rotatable bonds is 12. The zero-order chi connectivity index (χ0) is 25.0. The van der Waals surface area contributed by atoms with Crippen molar-refractivity contribution in [2.75, 3.05) is 31.3 Å². The van der Waals surface area contributed by atoms with Crippen molar-refractivity contribution in [1.82, 2.24) is 0 Å². The summed E-state index contributed by atoms with van der Waals surface area (Å²) < 4.78 is 54.1. The smallest absolute Gasteiger partial charge is 0.462 e. The highest BCUT2D eigenvalue weighted by Gasteiger charge is 2.31. The number of benzene rings is 2. The molecule has 0 radical (unpaired) electrons. The fraction of sp³-hybridized carbons (Fsp3) is 0.375. The van der Waals surface area contributed by atoms with Crippen molar-refractivity contribution >= 4 is 24.1 Å². The number of esters is 1. The topological polar surface area (TPSA) is 82.1 Å². The van der Waals surface area contributed by atoms with Crippen LogP contribution >= 0.6 is 0 Å². The van der Waals surface area contributed by atoms with E-state index < -0.39 is 23.9 Å². The largest absolute Gasteiger partial charge is 0.508 e. The van der Waals surface area contributed by atoms with Crippen LogP contribution in [0, 0.1) is 0 Å². The second kappa shape index (κ2) is 13.2. The fourth-order valence-corrected chi connectivity index (χ4v) is 3.11. The van der Waals surface area contributed by atoms with Crippen LogP contribution in [0.15, 0.2) is 48.5 Å². The Bertz CT molecular complexity index is 949. The van der Waals surface area contributed by atoms with E-state index in [1.807, 2.05) is 18.2 Å². The van der Waals surface area contributed by atoms with Crippen molar-refractivity contribution in [3.8, 4) is 0 Å². The second-order valence-electron chi connectivity index (χ2n) is 7.15. The minimum Gasteiger partial charge on any atom is -0.462 e. The van der Waals surface area contributed by atoms with Crippen molar-refractivity contribution in [3.05, 3.63) is 65.2 Å². The molecule has 7 nitrogen and oxygen atoms in total. The van der Waals surface area contributed by atoms with E-state index in [2.05, 4.69) is 4.74 Å². The molecule has 0 saturated heterocycles. The predicted octanol–water partition coefficient (Wildman–Crippen LogP) is 5.02. The third kappa shape index (κ3) is 8.76. The molecule has 2 aromatic rings. The van der Waals surface area contributed by atoms with Crippen molar-refractivity contribution in [3.63, 3.8) is 0 Å². The molecule has 0 aliphatic rings. The predicted molar refractivity (Wildman–Crippen MR) is 117 cm³/mol. The molecule has 0 amide bonds. The molecule has 0 atom stereocenters. The summed E-state index contributed by atoms with van der Waals surface area (Å²) in [6.07, 6.45) is -4.67. The minimum atomic E-state index is -4.57. The van der Waals surface area contributed by atoms with E-state index in [4.69, 9.17) is 9.47 Å². The quantitative estimate of drug-likeness (QED) is 0.239. The number of ether oxygens (including phenoxy) is 3. The summed E-state index contributed by atoms with van der Waals surface area (Å²) in [5.74, 6) is -0.549. The standard InChI is InChI=1S/C24H26F3NO6/c1-2-32-23(31)34-14-13-33-22(30)9-6-12-28(16-18-7-4-3-5-8-18)21-15-20(24(25,26)27)11-10-19(21)17-29/h3-5,7-8,10-11,15,17H,2,6,9,12-14,16H2,1H3. The van der Waals surface area contributed by atoms with Crippen LogP contribution in [0.2, 0.25) is 0 Å². The highest BCUT2D eigenvalue weighted by atomic mass is 19.4. The lowest BCUT2D eigenvalue weighted by molar-refractivity contribution is -0.145. The van der Waals surface area contributed by atoms with E-state index in [0.29, 0.717) is 6.29 Å². The lowest BCUT2D eigenvalue weighted by atomic mass is 10.1. The third-order valence-corrected chi connectivity index (χ3v) is 4.68. The van der Waals surface area contributed by atoms with Crippen LogP contribution in [0.3, 0.4) is 0 Å². The molecule has 10 heteroatoms. The van der Waals surface area contributed by atoms with Gasteiger partial charge < -0.3 is 19.1 Å². The van der Waals surface area contributed by atoms with Crippen LogP contribution in [-0.4, -0.2) is 44.8 Å². The van der Waals surface area contributed by atoms with Gasteiger partial charge in [0.25, 0.3) is 0 Å². The van der Waals surface area contributed by atoms with Crippen LogP contribution in [0.1, 0.15) is 41.3 Å². The Labute approximate surface area is 195 Å². The van der Waals surface area contributed by atoms with Crippen molar-refractivity contribution in [2.45, 2.75) is 32.5 Å². The normalized spacial score (nSPS) is 10.9.